The fraction of sp³-hybridized carbons (Fsp3) is 0.438. The molecule has 2 heterocycles. The molecule has 134 valence electrons. The van der Waals surface area contributed by atoms with Crippen LogP contribution in [0.15, 0.2) is 33.7 Å². The van der Waals surface area contributed by atoms with Crippen molar-refractivity contribution in [3.63, 3.8) is 0 Å². The van der Waals surface area contributed by atoms with Gasteiger partial charge in [-0.1, -0.05) is 19.0 Å². The van der Waals surface area contributed by atoms with Gasteiger partial charge >= 0.3 is 0 Å². The summed E-state index contributed by atoms with van der Waals surface area (Å²) in [5.41, 5.74) is 0.392. The lowest BCUT2D eigenvalue weighted by Crippen LogP contribution is -2.30. The van der Waals surface area contributed by atoms with Gasteiger partial charge in [0.1, 0.15) is 6.04 Å². The van der Waals surface area contributed by atoms with E-state index in [0.717, 1.165) is 12.8 Å². The molecule has 2 aromatic rings. The SMILES string of the molecule is CC(C)c1noc([C@@H]2CCCN2C(=O)c2ccc(S(N)(=O)=O)cc2)n1. The van der Waals surface area contributed by atoms with Crippen molar-refractivity contribution in [2.45, 2.75) is 43.5 Å². The second-order valence-corrected chi connectivity index (χ2v) is 7.93. The van der Waals surface area contributed by atoms with Crippen molar-refractivity contribution >= 4 is 15.9 Å². The lowest BCUT2D eigenvalue weighted by molar-refractivity contribution is 0.0710. The van der Waals surface area contributed by atoms with Crippen LogP contribution in [0, 0.1) is 0 Å². The van der Waals surface area contributed by atoms with Crippen molar-refractivity contribution in [2.24, 2.45) is 5.14 Å². The summed E-state index contributed by atoms with van der Waals surface area (Å²) < 4.78 is 28.0. The first-order valence-corrected chi connectivity index (χ1v) is 9.59. The van der Waals surface area contributed by atoms with Gasteiger partial charge in [-0.3, -0.25) is 4.79 Å². The molecule has 0 radical (unpaired) electrons. The standard InChI is InChI=1S/C16H20N4O4S/c1-10(2)14-18-15(24-19-14)13-4-3-9-20(13)16(21)11-5-7-12(8-6-11)25(17,22)23/h5-8,10,13H,3-4,9H2,1-2H3,(H2,17,22,23)/t13-/m0/s1. The zero-order valence-electron chi connectivity index (χ0n) is 14.0. The van der Waals surface area contributed by atoms with Crippen LogP contribution in [-0.4, -0.2) is 35.9 Å². The van der Waals surface area contributed by atoms with Crippen molar-refractivity contribution in [3.05, 3.63) is 41.5 Å². The van der Waals surface area contributed by atoms with Crippen molar-refractivity contribution in [1.82, 2.24) is 15.0 Å². The first kappa shape index (κ1) is 17.6. The molecule has 1 aromatic heterocycles. The molecule has 1 aliphatic rings. The molecule has 1 aliphatic heterocycles. The van der Waals surface area contributed by atoms with Crippen LogP contribution in [-0.2, 0) is 10.0 Å². The van der Waals surface area contributed by atoms with Gasteiger partial charge in [-0.25, -0.2) is 13.6 Å². The molecule has 9 heteroatoms. The van der Waals surface area contributed by atoms with Gasteiger partial charge in [0.15, 0.2) is 5.82 Å². The lowest BCUT2D eigenvalue weighted by atomic mass is 10.1. The average molecular weight is 364 g/mol. The van der Waals surface area contributed by atoms with E-state index in [1.165, 1.54) is 24.3 Å². The molecule has 1 aromatic carbocycles. The van der Waals surface area contributed by atoms with Gasteiger partial charge in [0.25, 0.3) is 5.91 Å². The predicted molar refractivity (Wildman–Crippen MR) is 89.2 cm³/mol. The molecule has 1 atom stereocenters. The molecule has 0 aliphatic carbocycles. The van der Waals surface area contributed by atoms with Crippen LogP contribution in [0.3, 0.4) is 0 Å². The molecule has 0 spiro atoms. The number of benzene rings is 1. The zero-order chi connectivity index (χ0) is 18.2. The fourth-order valence-corrected chi connectivity index (χ4v) is 3.35. The summed E-state index contributed by atoms with van der Waals surface area (Å²) in [6.45, 7) is 4.53. The fourth-order valence-electron chi connectivity index (χ4n) is 2.84. The van der Waals surface area contributed by atoms with E-state index < -0.39 is 10.0 Å². The smallest absolute Gasteiger partial charge is 0.254 e. The van der Waals surface area contributed by atoms with Crippen LogP contribution >= 0.6 is 0 Å². The minimum Gasteiger partial charge on any atom is -0.337 e. The number of primary sulfonamides is 1. The Balaban J connectivity index is 1.83. The summed E-state index contributed by atoms with van der Waals surface area (Å²) in [7, 11) is -3.78. The third-order valence-electron chi connectivity index (χ3n) is 4.20. The Labute approximate surface area is 146 Å². The number of carbonyl (C=O) groups is 1. The molecule has 3 rings (SSSR count). The highest BCUT2D eigenvalue weighted by atomic mass is 32.2. The number of rotatable bonds is 4. The summed E-state index contributed by atoms with van der Waals surface area (Å²) in [5, 5.41) is 9.04. The van der Waals surface area contributed by atoms with Crippen LogP contribution in [0.1, 0.15) is 60.7 Å². The van der Waals surface area contributed by atoms with Gasteiger partial charge in [0.05, 0.1) is 4.90 Å². The van der Waals surface area contributed by atoms with E-state index >= 15 is 0 Å². The Morgan fingerprint density at radius 2 is 2.00 bits per heavy atom. The monoisotopic (exact) mass is 364 g/mol. The van der Waals surface area contributed by atoms with Crippen molar-refractivity contribution in [3.8, 4) is 0 Å². The second-order valence-electron chi connectivity index (χ2n) is 6.37. The van der Waals surface area contributed by atoms with E-state index in [2.05, 4.69) is 10.1 Å². The number of carbonyl (C=O) groups excluding carboxylic acids is 1. The Hall–Kier alpha value is -2.26. The molecule has 25 heavy (non-hydrogen) atoms. The maximum Gasteiger partial charge on any atom is 0.254 e. The molecule has 2 N–H and O–H groups in total. The number of aromatic nitrogens is 2. The summed E-state index contributed by atoms with van der Waals surface area (Å²) >= 11 is 0. The molecular weight excluding hydrogens is 344 g/mol. The average Bonchev–Trinajstić information content (AvgIpc) is 3.22. The first-order chi connectivity index (χ1) is 11.8. The van der Waals surface area contributed by atoms with E-state index in [0.29, 0.717) is 23.8 Å². The third kappa shape index (κ3) is 3.57. The second kappa shape index (κ2) is 6.57. The highest BCUT2D eigenvalue weighted by Gasteiger charge is 2.34. The van der Waals surface area contributed by atoms with Crippen LogP contribution in [0.25, 0.3) is 0 Å². The van der Waals surface area contributed by atoms with Crippen LogP contribution in [0.4, 0.5) is 0 Å². The van der Waals surface area contributed by atoms with E-state index in [-0.39, 0.29) is 22.8 Å². The third-order valence-corrected chi connectivity index (χ3v) is 5.13. The van der Waals surface area contributed by atoms with Gasteiger partial charge in [-0.15, -0.1) is 0 Å². The molecule has 0 saturated carbocycles. The molecule has 8 nitrogen and oxygen atoms in total. The highest BCUT2D eigenvalue weighted by molar-refractivity contribution is 7.89. The van der Waals surface area contributed by atoms with Crippen molar-refractivity contribution in [2.75, 3.05) is 6.54 Å². The van der Waals surface area contributed by atoms with Gasteiger partial charge in [0.2, 0.25) is 15.9 Å². The Morgan fingerprint density at radius 1 is 1.32 bits per heavy atom. The maximum absolute atomic E-state index is 12.8. The van der Waals surface area contributed by atoms with Crippen LogP contribution < -0.4 is 5.14 Å². The Kier molecular flexibility index (Phi) is 4.61. The van der Waals surface area contributed by atoms with E-state index in [1.807, 2.05) is 13.8 Å². The van der Waals surface area contributed by atoms with Crippen molar-refractivity contribution in [1.29, 1.82) is 0 Å². The molecule has 1 fully saturated rings. The summed E-state index contributed by atoms with van der Waals surface area (Å²) in [4.78, 5) is 18.8. The predicted octanol–water partition coefficient (Wildman–Crippen LogP) is 1.82. The Morgan fingerprint density at radius 3 is 2.56 bits per heavy atom. The van der Waals surface area contributed by atoms with E-state index in [4.69, 9.17) is 9.66 Å². The number of amides is 1. The lowest BCUT2D eigenvalue weighted by Gasteiger charge is -2.22. The van der Waals surface area contributed by atoms with Gasteiger partial charge in [-0.2, -0.15) is 4.98 Å². The first-order valence-electron chi connectivity index (χ1n) is 8.04. The summed E-state index contributed by atoms with van der Waals surface area (Å²) in [6.07, 6.45) is 1.59. The van der Waals surface area contributed by atoms with Crippen LogP contribution in [0.5, 0.6) is 0 Å². The highest BCUT2D eigenvalue weighted by Crippen LogP contribution is 2.32. The van der Waals surface area contributed by atoms with Crippen molar-refractivity contribution < 1.29 is 17.7 Å². The van der Waals surface area contributed by atoms with E-state index in [1.54, 1.807) is 4.90 Å². The minimum absolute atomic E-state index is 0.0273. The number of nitrogens with zero attached hydrogens (tertiary/aromatic N) is 3. The molecule has 1 saturated heterocycles. The summed E-state index contributed by atoms with van der Waals surface area (Å²) in [5.74, 6) is 1.00. The Bertz CT molecular complexity index is 874. The van der Waals surface area contributed by atoms with Crippen LogP contribution in [0.2, 0.25) is 0 Å². The minimum atomic E-state index is -3.78. The van der Waals surface area contributed by atoms with Gasteiger partial charge < -0.3 is 9.42 Å². The van der Waals surface area contributed by atoms with E-state index in [9.17, 15) is 13.2 Å². The molecular formula is C16H20N4O4S. The number of hydrogen-bond donors (Lipinski definition) is 1. The maximum atomic E-state index is 12.8. The zero-order valence-corrected chi connectivity index (χ0v) is 14.9. The topological polar surface area (TPSA) is 119 Å². The largest absolute Gasteiger partial charge is 0.337 e. The molecule has 0 unspecified atom stereocenters. The van der Waals surface area contributed by atoms with Gasteiger partial charge in [-0.05, 0) is 37.1 Å². The number of sulfonamides is 1. The number of hydrogen-bond acceptors (Lipinski definition) is 6. The quantitative estimate of drug-likeness (QED) is 0.883. The van der Waals surface area contributed by atoms with Gasteiger partial charge in [0, 0.05) is 18.0 Å². The normalized spacial score (nSPS) is 18.1. The number of nitrogens with two attached hydrogens (primary N) is 1. The summed E-state index contributed by atoms with van der Waals surface area (Å²) in [6, 6.07) is 5.33. The molecule has 0 bridgehead atoms. The number of likely N-dealkylation sites (tertiary alicyclic amines) is 1. The molecule has 1 amide bonds.